The molecule has 0 fully saturated rings. The van der Waals surface area contributed by atoms with Gasteiger partial charge in [0.1, 0.15) is 18.1 Å². The van der Waals surface area contributed by atoms with Gasteiger partial charge in [0, 0.05) is 17.7 Å². The third kappa shape index (κ3) is 6.61. The summed E-state index contributed by atoms with van der Waals surface area (Å²) in [7, 11) is 0. The molecule has 166 valence electrons. The molecule has 1 amide bonds. The highest BCUT2D eigenvalue weighted by atomic mass is 16.5. The van der Waals surface area contributed by atoms with Crippen molar-refractivity contribution in [2.75, 3.05) is 13.2 Å². The number of carbonyl (C=O) groups is 1. The quantitative estimate of drug-likeness (QED) is 0.451. The molecule has 0 aromatic heterocycles. The number of hydrogen-bond donors (Lipinski definition) is 1. The van der Waals surface area contributed by atoms with Gasteiger partial charge in [-0.1, -0.05) is 43.7 Å². The zero-order valence-electron chi connectivity index (χ0n) is 19.1. The molecular weight excluding hydrogens is 386 g/mol. The summed E-state index contributed by atoms with van der Waals surface area (Å²) in [6.45, 7) is 7.86. The molecule has 31 heavy (non-hydrogen) atoms. The number of carbonyl (C=O) groups excluding carboxylic acids is 1. The summed E-state index contributed by atoms with van der Waals surface area (Å²) in [6, 6.07) is 13.7. The van der Waals surface area contributed by atoms with Gasteiger partial charge in [-0.05, 0) is 74.8 Å². The molecule has 0 spiro atoms. The summed E-state index contributed by atoms with van der Waals surface area (Å²) in [6.07, 6.45) is 8.15. The highest BCUT2D eigenvalue weighted by molar-refractivity contribution is 5.94. The van der Waals surface area contributed by atoms with Gasteiger partial charge in [0.25, 0.3) is 5.91 Å². The fourth-order valence-corrected chi connectivity index (χ4v) is 3.94. The van der Waals surface area contributed by atoms with Gasteiger partial charge in [-0.15, -0.1) is 0 Å². The molecule has 1 N–H and O–H groups in total. The Morgan fingerprint density at radius 2 is 1.90 bits per heavy atom. The molecule has 0 atom stereocenters. The van der Waals surface area contributed by atoms with Gasteiger partial charge >= 0.3 is 0 Å². The lowest BCUT2D eigenvalue weighted by Crippen LogP contribution is -2.25. The summed E-state index contributed by atoms with van der Waals surface area (Å²) in [5, 5.41) is 3.06. The van der Waals surface area contributed by atoms with Gasteiger partial charge in [0.05, 0.1) is 6.61 Å². The van der Waals surface area contributed by atoms with Crippen molar-refractivity contribution in [3.63, 3.8) is 0 Å². The summed E-state index contributed by atoms with van der Waals surface area (Å²) >= 11 is 0. The van der Waals surface area contributed by atoms with Gasteiger partial charge in [0.2, 0.25) is 0 Å². The molecule has 0 aliphatic heterocycles. The second-order valence-electron chi connectivity index (χ2n) is 8.35. The maximum Gasteiger partial charge on any atom is 0.251 e. The molecule has 0 saturated carbocycles. The van der Waals surface area contributed by atoms with E-state index in [9.17, 15) is 4.79 Å². The summed E-state index contributed by atoms with van der Waals surface area (Å²) in [4.78, 5) is 12.7. The first-order valence-corrected chi connectivity index (χ1v) is 11.5. The maximum atomic E-state index is 12.7. The zero-order valence-corrected chi connectivity index (χ0v) is 19.1. The number of amides is 1. The van der Waals surface area contributed by atoms with Gasteiger partial charge in [-0.25, -0.2) is 0 Å². The predicted molar refractivity (Wildman–Crippen MR) is 126 cm³/mol. The number of para-hydroxylation sites is 1. The molecule has 0 radical (unpaired) electrons. The van der Waals surface area contributed by atoms with E-state index >= 15 is 0 Å². The van der Waals surface area contributed by atoms with Crippen LogP contribution < -0.4 is 14.8 Å². The lowest BCUT2D eigenvalue weighted by molar-refractivity contribution is 0.0954. The van der Waals surface area contributed by atoms with Gasteiger partial charge < -0.3 is 14.8 Å². The standard InChI is InChI=1S/C27H35NO3/c1-4-30-25-15-14-22(27(29)28-17-16-21-10-6-5-7-11-21)18-23(25)19-31-26-13-9-8-12-24(26)20(2)3/h8-10,12-15,18,20H,4-7,11,16-17,19H2,1-3H3,(H,28,29). The molecule has 0 unspecified atom stereocenters. The Bertz CT molecular complexity index is 901. The van der Waals surface area contributed by atoms with Crippen molar-refractivity contribution in [1.82, 2.24) is 5.32 Å². The first-order chi connectivity index (χ1) is 15.1. The van der Waals surface area contributed by atoms with Crippen LogP contribution in [0.5, 0.6) is 11.5 Å². The Kier molecular flexibility index (Phi) is 8.57. The molecule has 1 aliphatic rings. The van der Waals surface area contributed by atoms with Crippen LogP contribution in [-0.4, -0.2) is 19.1 Å². The topological polar surface area (TPSA) is 47.6 Å². The Labute approximate surface area is 186 Å². The van der Waals surface area contributed by atoms with Crippen molar-refractivity contribution < 1.29 is 14.3 Å². The van der Waals surface area contributed by atoms with Crippen LogP contribution in [0.3, 0.4) is 0 Å². The molecule has 3 rings (SSSR count). The average molecular weight is 422 g/mol. The van der Waals surface area contributed by atoms with E-state index < -0.39 is 0 Å². The maximum absolute atomic E-state index is 12.7. The molecule has 0 bridgehead atoms. The number of allylic oxidation sites excluding steroid dienone is 1. The SMILES string of the molecule is CCOc1ccc(C(=O)NCCC2=CCCCC2)cc1COc1ccccc1C(C)C. The molecule has 4 nitrogen and oxygen atoms in total. The molecule has 2 aromatic carbocycles. The highest BCUT2D eigenvalue weighted by Crippen LogP contribution is 2.28. The fourth-order valence-electron chi connectivity index (χ4n) is 3.94. The van der Waals surface area contributed by atoms with E-state index in [2.05, 4.69) is 31.3 Å². The average Bonchev–Trinajstić information content (AvgIpc) is 2.79. The van der Waals surface area contributed by atoms with Crippen molar-refractivity contribution in [3.8, 4) is 11.5 Å². The van der Waals surface area contributed by atoms with Crippen molar-refractivity contribution in [3.05, 3.63) is 70.8 Å². The van der Waals surface area contributed by atoms with Crippen LogP contribution in [0.25, 0.3) is 0 Å². The third-order valence-corrected chi connectivity index (χ3v) is 5.66. The van der Waals surface area contributed by atoms with E-state index in [1.807, 2.05) is 43.3 Å². The normalized spacial score (nSPS) is 13.6. The van der Waals surface area contributed by atoms with E-state index in [1.54, 1.807) is 0 Å². The van der Waals surface area contributed by atoms with Crippen molar-refractivity contribution >= 4 is 5.91 Å². The second kappa shape index (κ2) is 11.6. The molecule has 1 aliphatic carbocycles. The van der Waals surface area contributed by atoms with Gasteiger partial charge in [0.15, 0.2) is 0 Å². The zero-order chi connectivity index (χ0) is 22.1. The number of ether oxygens (including phenoxy) is 2. The van der Waals surface area contributed by atoms with Crippen LogP contribution in [-0.2, 0) is 6.61 Å². The minimum absolute atomic E-state index is 0.0525. The molecule has 0 saturated heterocycles. The van der Waals surface area contributed by atoms with Gasteiger partial charge in [-0.3, -0.25) is 4.79 Å². The first kappa shape index (κ1) is 22.9. The molecular formula is C27H35NO3. The van der Waals surface area contributed by atoms with E-state index in [4.69, 9.17) is 9.47 Å². The first-order valence-electron chi connectivity index (χ1n) is 11.5. The Balaban J connectivity index is 1.67. The Hall–Kier alpha value is -2.75. The summed E-state index contributed by atoms with van der Waals surface area (Å²) in [5.41, 5.74) is 4.15. The van der Waals surface area contributed by atoms with E-state index in [0.717, 1.165) is 29.9 Å². The Morgan fingerprint density at radius 3 is 2.65 bits per heavy atom. The lowest BCUT2D eigenvalue weighted by Gasteiger charge is -2.16. The molecule has 0 heterocycles. The number of nitrogens with one attached hydrogen (secondary N) is 1. The molecule has 4 heteroatoms. The van der Waals surface area contributed by atoms with E-state index in [1.165, 1.54) is 30.4 Å². The van der Waals surface area contributed by atoms with Crippen LogP contribution in [0.2, 0.25) is 0 Å². The highest BCUT2D eigenvalue weighted by Gasteiger charge is 2.13. The van der Waals surface area contributed by atoms with Crippen LogP contribution in [0.4, 0.5) is 0 Å². The van der Waals surface area contributed by atoms with Crippen molar-refractivity contribution in [2.45, 2.75) is 65.4 Å². The minimum Gasteiger partial charge on any atom is -0.493 e. The van der Waals surface area contributed by atoms with E-state index in [0.29, 0.717) is 31.2 Å². The lowest BCUT2D eigenvalue weighted by atomic mass is 9.97. The van der Waals surface area contributed by atoms with E-state index in [-0.39, 0.29) is 5.91 Å². The summed E-state index contributed by atoms with van der Waals surface area (Å²) < 4.78 is 11.9. The predicted octanol–water partition coefficient (Wildman–Crippen LogP) is 6.41. The molecule has 2 aromatic rings. The van der Waals surface area contributed by atoms with Crippen LogP contribution in [0.15, 0.2) is 54.1 Å². The Morgan fingerprint density at radius 1 is 1.06 bits per heavy atom. The fraction of sp³-hybridized carbons (Fsp3) is 0.444. The minimum atomic E-state index is -0.0525. The van der Waals surface area contributed by atoms with Crippen LogP contribution in [0.1, 0.15) is 80.3 Å². The van der Waals surface area contributed by atoms with Crippen LogP contribution >= 0.6 is 0 Å². The number of benzene rings is 2. The van der Waals surface area contributed by atoms with Crippen molar-refractivity contribution in [1.29, 1.82) is 0 Å². The third-order valence-electron chi connectivity index (χ3n) is 5.66. The van der Waals surface area contributed by atoms with Crippen molar-refractivity contribution in [2.24, 2.45) is 0 Å². The number of rotatable bonds is 10. The smallest absolute Gasteiger partial charge is 0.251 e. The largest absolute Gasteiger partial charge is 0.493 e. The second-order valence-corrected chi connectivity index (χ2v) is 8.35. The number of hydrogen-bond acceptors (Lipinski definition) is 3. The summed E-state index contributed by atoms with van der Waals surface area (Å²) in [5.74, 6) is 1.95. The van der Waals surface area contributed by atoms with Gasteiger partial charge in [-0.2, -0.15) is 0 Å². The van der Waals surface area contributed by atoms with Crippen LogP contribution in [0, 0.1) is 0 Å². The monoisotopic (exact) mass is 421 g/mol.